The highest BCUT2D eigenvalue weighted by Gasteiger charge is 2.18. The van der Waals surface area contributed by atoms with Crippen LogP contribution in [0.1, 0.15) is 43.9 Å². The van der Waals surface area contributed by atoms with Crippen molar-refractivity contribution in [1.82, 2.24) is 19.8 Å². The van der Waals surface area contributed by atoms with Crippen LogP contribution in [0.15, 0.2) is 6.20 Å². The molecule has 0 unspecified atom stereocenters. The third-order valence-corrected chi connectivity index (χ3v) is 5.42. The minimum absolute atomic E-state index is 0.927. The number of aromatic nitrogens is 2. The molecule has 0 saturated carbocycles. The Labute approximate surface area is 147 Å². The largest absolute Gasteiger partial charge is 0.339 e. The topological polar surface area (TPSA) is 35.5 Å². The molecule has 1 aromatic rings. The lowest BCUT2D eigenvalue weighted by atomic mass is 10.2. The summed E-state index contributed by atoms with van der Waals surface area (Å²) in [5.41, 5.74) is 2.39. The third-order valence-electron chi connectivity index (χ3n) is 5.42. The molecule has 2 aliphatic rings. The van der Waals surface area contributed by atoms with E-state index >= 15 is 0 Å². The SMILES string of the molecule is CCc1nc(N2CCCN(CCCN3CCCC3)CC2)ncc1C. The van der Waals surface area contributed by atoms with E-state index in [0.29, 0.717) is 0 Å². The van der Waals surface area contributed by atoms with Gasteiger partial charge in [0.2, 0.25) is 5.95 Å². The van der Waals surface area contributed by atoms with Crippen LogP contribution in [-0.2, 0) is 6.42 Å². The summed E-state index contributed by atoms with van der Waals surface area (Å²) in [5, 5.41) is 0. The van der Waals surface area contributed by atoms with Crippen molar-refractivity contribution in [2.45, 2.75) is 46.0 Å². The molecular formula is C19H33N5. The molecule has 3 rings (SSSR count). The molecule has 134 valence electrons. The number of anilines is 1. The van der Waals surface area contributed by atoms with E-state index in [-0.39, 0.29) is 0 Å². The fourth-order valence-electron chi connectivity index (χ4n) is 3.90. The van der Waals surface area contributed by atoms with Gasteiger partial charge in [-0.1, -0.05) is 6.92 Å². The van der Waals surface area contributed by atoms with Crippen LogP contribution < -0.4 is 4.90 Å². The average Bonchev–Trinajstić information content (AvgIpc) is 3.00. The highest BCUT2D eigenvalue weighted by atomic mass is 15.3. The summed E-state index contributed by atoms with van der Waals surface area (Å²) in [5.74, 6) is 0.927. The van der Waals surface area contributed by atoms with E-state index in [1.807, 2.05) is 6.20 Å². The maximum atomic E-state index is 4.79. The molecule has 5 heteroatoms. The van der Waals surface area contributed by atoms with E-state index in [1.165, 1.54) is 69.7 Å². The zero-order valence-electron chi connectivity index (χ0n) is 15.5. The Morgan fingerprint density at radius 2 is 1.62 bits per heavy atom. The van der Waals surface area contributed by atoms with Crippen molar-refractivity contribution in [3.05, 3.63) is 17.5 Å². The van der Waals surface area contributed by atoms with Crippen molar-refractivity contribution in [3.63, 3.8) is 0 Å². The molecule has 0 radical (unpaired) electrons. The van der Waals surface area contributed by atoms with Crippen molar-refractivity contribution in [1.29, 1.82) is 0 Å². The number of nitrogens with zero attached hydrogens (tertiary/aromatic N) is 5. The summed E-state index contributed by atoms with van der Waals surface area (Å²) >= 11 is 0. The van der Waals surface area contributed by atoms with Crippen molar-refractivity contribution < 1.29 is 0 Å². The Morgan fingerprint density at radius 3 is 2.38 bits per heavy atom. The van der Waals surface area contributed by atoms with Crippen LogP contribution >= 0.6 is 0 Å². The van der Waals surface area contributed by atoms with Crippen molar-refractivity contribution in [2.24, 2.45) is 0 Å². The predicted molar refractivity (Wildman–Crippen MR) is 99.7 cm³/mol. The lowest BCUT2D eigenvalue weighted by Gasteiger charge is -2.23. The molecule has 0 spiro atoms. The van der Waals surface area contributed by atoms with Gasteiger partial charge in [-0.3, -0.25) is 0 Å². The molecule has 24 heavy (non-hydrogen) atoms. The average molecular weight is 332 g/mol. The summed E-state index contributed by atoms with van der Waals surface area (Å²) < 4.78 is 0. The van der Waals surface area contributed by atoms with Gasteiger partial charge in [-0.2, -0.15) is 0 Å². The number of hydrogen-bond acceptors (Lipinski definition) is 5. The molecule has 2 fully saturated rings. The molecule has 0 atom stereocenters. The van der Waals surface area contributed by atoms with Crippen LogP contribution in [0.2, 0.25) is 0 Å². The van der Waals surface area contributed by atoms with Gasteiger partial charge >= 0.3 is 0 Å². The normalized spacial score (nSPS) is 20.5. The maximum absolute atomic E-state index is 4.79. The standard InChI is InChI=1S/C19H33N5/c1-3-18-17(2)16-20-19(21-18)24-13-7-12-23(14-15-24)11-6-10-22-8-4-5-9-22/h16H,3-15H2,1-2H3. The maximum Gasteiger partial charge on any atom is 0.225 e. The predicted octanol–water partition coefficient (Wildman–Crippen LogP) is 2.35. The molecule has 1 aromatic heterocycles. The van der Waals surface area contributed by atoms with Crippen LogP contribution in [0.5, 0.6) is 0 Å². The van der Waals surface area contributed by atoms with E-state index in [4.69, 9.17) is 4.98 Å². The summed E-state index contributed by atoms with van der Waals surface area (Å²) in [6.45, 7) is 13.9. The van der Waals surface area contributed by atoms with Gasteiger partial charge < -0.3 is 14.7 Å². The number of rotatable bonds is 6. The second kappa shape index (κ2) is 8.77. The van der Waals surface area contributed by atoms with Crippen LogP contribution in [0.25, 0.3) is 0 Å². The fraction of sp³-hybridized carbons (Fsp3) is 0.789. The third kappa shape index (κ3) is 4.67. The Bertz CT molecular complexity index is 512. The first kappa shape index (κ1) is 17.6. The van der Waals surface area contributed by atoms with Crippen LogP contribution in [-0.4, -0.2) is 72.1 Å². The van der Waals surface area contributed by atoms with E-state index in [2.05, 4.69) is 33.5 Å². The zero-order valence-corrected chi connectivity index (χ0v) is 15.5. The number of aryl methyl sites for hydroxylation is 2. The smallest absolute Gasteiger partial charge is 0.225 e. The van der Waals surface area contributed by atoms with Crippen LogP contribution in [0.4, 0.5) is 5.95 Å². The summed E-state index contributed by atoms with van der Waals surface area (Å²) in [7, 11) is 0. The van der Waals surface area contributed by atoms with Gasteiger partial charge in [0, 0.05) is 31.5 Å². The molecule has 2 saturated heterocycles. The molecule has 0 aliphatic carbocycles. The second-order valence-corrected chi connectivity index (χ2v) is 7.24. The van der Waals surface area contributed by atoms with Crippen LogP contribution in [0.3, 0.4) is 0 Å². The van der Waals surface area contributed by atoms with E-state index in [1.54, 1.807) is 0 Å². The van der Waals surface area contributed by atoms with E-state index < -0.39 is 0 Å². The quantitative estimate of drug-likeness (QED) is 0.799. The Morgan fingerprint density at radius 1 is 0.917 bits per heavy atom. The highest BCUT2D eigenvalue weighted by Crippen LogP contribution is 2.15. The van der Waals surface area contributed by atoms with Gasteiger partial charge in [0.1, 0.15) is 0 Å². The van der Waals surface area contributed by atoms with Crippen LogP contribution in [0, 0.1) is 6.92 Å². The summed E-state index contributed by atoms with van der Waals surface area (Å²) in [6, 6.07) is 0. The lowest BCUT2D eigenvalue weighted by molar-refractivity contribution is 0.257. The number of likely N-dealkylation sites (tertiary alicyclic amines) is 1. The molecule has 0 amide bonds. The lowest BCUT2D eigenvalue weighted by Crippen LogP contribution is -2.33. The zero-order chi connectivity index (χ0) is 16.8. The van der Waals surface area contributed by atoms with Gasteiger partial charge in [0.25, 0.3) is 0 Å². The molecule has 5 nitrogen and oxygen atoms in total. The first-order chi connectivity index (χ1) is 11.8. The van der Waals surface area contributed by atoms with Gasteiger partial charge in [-0.05, 0) is 77.3 Å². The van der Waals surface area contributed by atoms with Gasteiger partial charge in [0.15, 0.2) is 0 Å². The first-order valence-electron chi connectivity index (χ1n) is 9.78. The molecule has 0 aromatic carbocycles. The fourth-order valence-corrected chi connectivity index (χ4v) is 3.90. The Hall–Kier alpha value is -1.20. The van der Waals surface area contributed by atoms with Crippen molar-refractivity contribution in [2.75, 3.05) is 57.3 Å². The molecule has 3 heterocycles. The molecule has 2 aliphatic heterocycles. The van der Waals surface area contributed by atoms with Gasteiger partial charge in [-0.15, -0.1) is 0 Å². The van der Waals surface area contributed by atoms with Crippen molar-refractivity contribution in [3.8, 4) is 0 Å². The van der Waals surface area contributed by atoms with Gasteiger partial charge in [-0.25, -0.2) is 9.97 Å². The highest BCUT2D eigenvalue weighted by molar-refractivity contribution is 5.33. The summed E-state index contributed by atoms with van der Waals surface area (Å²) in [6.07, 6.45) is 8.28. The first-order valence-corrected chi connectivity index (χ1v) is 9.78. The summed E-state index contributed by atoms with van der Waals surface area (Å²) in [4.78, 5) is 17.0. The van der Waals surface area contributed by atoms with Gasteiger partial charge in [0.05, 0.1) is 0 Å². The molecular weight excluding hydrogens is 298 g/mol. The van der Waals surface area contributed by atoms with E-state index in [0.717, 1.165) is 32.0 Å². The Kier molecular flexibility index (Phi) is 6.44. The van der Waals surface area contributed by atoms with E-state index in [9.17, 15) is 0 Å². The molecule has 0 bridgehead atoms. The van der Waals surface area contributed by atoms with Crippen molar-refractivity contribution >= 4 is 5.95 Å². The molecule has 0 N–H and O–H groups in total. The number of hydrogen-bond donors (Lipinski definition) is 0. The minimum atomic E-state index is 0.927. The monoisotopic (exact) mass is 331 g/mol. The second-order valence-electron chi connectivity index (χ2n) is 7.24. The minimum Gasteiger partial charge on any atom is -0.339 e. The Balaban J connectivity index is 1.47.